The van der Waals surface area contributed by atoms with E-state index in [9.17, 15) is 9.59 Å². The van der Waals surface area contributed by atoms with Gasteiger partial charge in [0, 0.05) is 11.3 Å². The van der Waals surface area contributed by atoms with Crippen LogP contribution in [0, 0.1) is 0 Å². The zero-order valence-corrected chi connectivity index (χ0v) is 15.3. The molecule has 6 heteroatoms. The molecule has 0 bridgehead atoms. The smallest absolute Gasteiger partial charge is 0.274 e. The molecule has 0 saturated carbocycles. The predicted molar refractivity (Wildman–Crippen MR) is 106 cm³/mol. The molecule has 0 spiro atoms. The van der Waals surface area contributed by atoms with Crippen molar-refractivity contribution in [3.8, 4) is 16.9 Å². The van der Waals surface area contributed by atoms with E-state index in [-0.39, 0.29) is 12.3 Å². The minimum atomic E-state index is -0.591. The molecule has 0 aliphatic rings. The van der Waals surface area contributed by atoms with Crippen LogP contribution in [0.25, 0.3) is 11.1 Å². The summed E-state index contributed by atoms with van der Waals surface area (Å²) in [4.78, 5) is 23.6. The number of nitrogens with one attached hydrogen (secondary N) is 2. The largest absolute Gasteiger partial charge is 0.497 e. The summed E-state index contributed by atoms with van der Waals surface area (Å²) in [7, 11) is 1.63. The fourth-order valence-electron chi connectivity index (χ4n) is 2.78. The van der Waals surface area contributed by atoms with Gasteiger partial charge in [-0.05, 0) is 53.1 Å². The highest BCUT2D eigenvalue weighted by molar-refractivity contribution is 5.94. The number of carbonyl (C=O) groups is 2. The number of hydrogen-bond acceptors (Lipinski definition) is 4. The lowest BCUT2D eigenvalue weighted by Gasteiger charge is -2.08. The topological polar surface area (TPSA) is 87.7 Å². The maximum Gasteiger partial charge on any atom is 0.274 e. The highest BCUT2D eigenvalue weighted by Crippen LogP contribution is 2.25. The zero-order valence-electron chi connectivity index (χ0n) is 15.3. The molecule has 28 heavy (non-hydrogen) atoms. The van der Waals surface area contributed by atoms with Crippen LogP contribution in [0.4, 0.5) is 5.69 Å². The van der Waals surface area contributed by atoms with Gasteiger partial charge in [-0.25, -0.2) is 5.48 Å². The van der Waals surface area contributed by atoms with Crippen LogP contribution in [0.1, 0.15) is 15.9 Å². The molecule has 2 amide bonds. The zero-order chi connectivity index (χ0) is 19.9. The van der Waals surface area contributed by atoms with E-state index in [0.717, 1.165) is 22.4 Å². The molecule has 142 valence electrons. The lowest BCUT2D eigenvalue weighted by Crippen LogP contribution is -2.18. The molecule has 3 aromatic rings. The van der Waals surface area contributed by atoms with Crippen LogP contribution in [0.3, 0.4) is 0 Å². The average molecular weight is 376 g/mol. The molecule has 0 aromatic heterocycles. The highest BCUT2D eigenvalue weighted by Gasteiger charge is 2.07. The van der Waals surface area contributed by atoms with E-state index < -0.39 is 5.91 Å². The van der Waals surface area contributed by atoms with E-state index in [0.29, 0.717) is 11.3 Å². The summed E-state index contributed by atoms with van der Waals surface area (Å²) in [6.45, 7) is 0. The van der Waals surface area contributed by atoms with Crippen molar-refractivity contribution in [2.24, 2.45) is 0 Å². The summed E-state index contributed by atoms with van der Waals surface area (Å²) in [5.74, 6) is 0.0398. The maximum absolute atomic E-state index is 12.2. The van der Waals surface area contributed by atoms with Crippen LogP contribution in [-0.4, -0.2) is 24.1 Å². The van der Waals surface area contributed by atoms with Crippen molar-refractivity contribution in [2.75, 3.05) is 12.4 Å². The van der Waals surface area contributed by atoms with E-state index >= 15 is 0 Å². The van der Waals surface area contributed by atoms with Crippen LogP contribution >= 0.6 is 0 Å². The number of rotatable bonds is 6. The summed E-state index contributed by atoms with van der Waals surface area (Å²) in [5, 5.41) is 11.5. The number of benzene rings is 3. The van der Waals surface area contributed by atoms with Gasteiger partial charge in [0.15, 0.2) is 0 Å². The number of carbonyl (C=O) groups excluding carboxylic acids is 2. The Hall–Kier alpha value is -3.64. The molecule has 0 atom stereocenters. The molecule has 3 rings (SSSR count). The van der Waals surface area contributed by atoms with Gasteiger partial charge in [0.05, 0.1) is 13.5 Å². The van der Waals surface area contributed by atoms with E-state index in [1.54, 1.807) is 36.9 Å². The van der Waals surface area contributed by atoms with Gasteiger partial charge in [0.25, 0.3) is 5.91 Å². The first-order valence-electron chi connectivity index (χ1n) is 8.67. The van der Waals surface area contributed by atoms with E-state index in [2.05, 4.69) is 5.32 Å². The third-order valence-corrected chi connectivity index (χ3v) is 4.25. The molecule has 3 aromatic carbocycles. The highest BCUT2D eigenvalue weighted by atomic mass is 16.5. The maximum atomic E-state index is 12.2. The molecule has 0 radical (unpaired) electrons. The van der Waals surface area contributed by atoms with E-state index in [1.165, 1.54) is 0 Å². The lowest BCUT2D eigenvalue weighted by molar-refractivity contribution is -0.115. The van der Waals surface area contributed by atoms with E-state index in [1.807, 2.05) is 48.5 Å². The Kier molecular flexibility index (Phi) is 6.04. The molecule has 3 N–H and O–H groups in total. The second-order valence-corrected chi connectivity index (χ2v) is 6.17. The third-order valence-electron chi connectivity index (χ3n) is 4.25. The van der Waals surface area contributed by atoms with Crippen molar-refractivity contribution in [2.45, 2.75) is 6.42 Å². The minimum Gasteiger partial charge on any atom is -0.497 e. The fraction of sp³-hybridized carbons (Fsp3) is 0.0909. The number of methoxy groups -OCH3 is 1. The fourth-order valence-corrected chi connectivity index (χ4v) is 2.78. The first-order chi connectivity index (χ1) is 13.6. The van der Waals surface area contributed by atoms with Crippen LogP contribution in [0.2, 0.25) is 0 Å². The van der Waals surface area contributed by atoms with Gasteiger partial charge in [-0.15, -0.1) is 0 Å². The van der Waals surface area contributed by atoms with Crippen molar-refractivity contribution in [3.05, 3.63) is 83.9 Å². The number of amides is 2. The second kappa shape index (κ2) is 8.83. The van der Waals surface area contributed by atoms with Crippen LogP contribution in [0.15, 0.2) is 72.8 Å². The minimum absolute atomic E-state index is 0.159. The van der Waals surface area contributed by atoms with Crippen molar-refractivity contribution in [1.29, 1.82) is 0 Å². The predicted octanol–water partition coefficient (Wildman–Crippen LogP) is 3.66. The molecule has 0 aliphatic heterocycles. The van der Waals surface area contributed by atoms with E-state index in [4.69, 9.17) is 9.94 Å². The Bertz CT molecular complexity index is 967. The van der Waals surface area contributed by atoms with Crippen LogP contribution in [-0.2, 0) is 11.2 Å². The Morgan fingerprint density at radius 1 is 0.929 bits per heavy atom. The molecule has 0 fully saturated rings. The lowest BCUT2D eigenvalue weighted by atomic mass is 10.0. The van der Waals surface area contributed by atoms with Crippen molar-refractivity contribution >= 4 is 17.5 Å². The monoisotopic (exact) mass is 376 g/mol. The van der Waals surface area contributed by atoms with Crippen LogP contribution in [0.5, 0.6) is 5.75 Å². The quantitative estimate of drug-likeness (QED) is 0.453. The Labute approximate surface area is 162 Å². The molecule has 0 heterocycles. The summed E-state index contributed by atoms with van der Waals surface area (Å²) in [6.07, 6.45) is 0.179. The Morgan fingerprint density at radius 3 is 2.29 bits per heavy atom. The SMILES string of the molecule is COc1cccc(-c2ccc(NC(=O)Cc3ccc(C(=O)NO)cc3)cc2)c1. The van der Waals surface area contributed by atoms with Crippen LogP contribution < -0.4 is 15.5 Å². The van der Waals surface area contributed by atoms with Gasteiger partial charge in [-0.3, -0.25) is 14.8 Å². The third kappa shape index (κ3) is 4.75. The summed E-state index contributed by atoms with van der Waals surface area (Å²) >= 11 is 0. The Morgan fingerprint density at radius 2 is 1.64 bits per heavy atom. The summed E-state index contributed by atoms with van der Waals surface area (Å²) in [6, 6.07) is 21.8. The molecule has 0 aliphatic carbocycles. The van der Waals surface area contributed by atoms with Gasteiger partial charge in [0.1, 0.15) is 5.75 Å². The summed E-state index contributed by atoms with van der Waals surface area (Å²) < 4.78 is 5.24. The molecular formula is C22H20N2O4. The first kappa shape index (κ1) is 19.1. The standard InChI is InChI=1S/C22H20N2O4/c1-28-20-4-2-3-18(14-20)16-9-11-19(12-10-16)23-21(25)13-15-5-7-17(8-6-15)22(26)24-27/h2-12,14,27H,13H2,1H3,(H,23,25)(H,24,26). The molecule has 6 nitrogen and oxygen atoms in total. The second-order valence-electron chi connectivity index (χ2n) is 6.17. The van der Waals surface area contributed by atoms with Gasteiger partial charge >= 0.3 is 0 Å². The van der Waals surface area contributed by atoms with Crippen molar-refractivity contribution < 1.29 is 19.5 Å². The van der Waals surface area contributed by atoms with Gasteiger partial charge in [-0.2, -0.15) is 0 Å². The van der Waals surface area contributed by atoms with Gasteiger partial charge in [0.2, 0.25) is 5.91 Å². The molecule has 0 unspecified atom stereocenters. The van der Waals surface area contributed by atoms with Gasteiger partial charge < -0.3 is 10.1 Å². The average Bonchev–Trinajstić information content (AvgIpc) is 2.74. The van der Waals surface area contributed by atoms with Gasteiger partial charge in [-0.1, -0.05) is 36.4 Å². The van der Waals surface area contributed by atoms with Crippen molar-refractivity contribution in [1.82, 2.24) is 5.48 Å². The first-order valence-corrected chi connectivity index (χ1v) is 8.67. The summed E-state index contributed by atoms with van der Waals surface area (Å²) in [5.41, 5.74) is 5.41. The number of hydrogen-bond donors (Lipinski definition) is 3. The number of hydroxylamine groups is 1. The number of ether oxygens (including phenoxy) is 1. The normalized spacial score (nSPS) is 10.2. The Balaban J connectivity index is 1.62. The number of anilines is 1. The molecule has 0 saturated heterocycles. The molecular weight excluding hydrogens is 356 g/mol. The van der Waals surface area contributed by atoms with Crippen molar-refractivity contribution in [3.63, 3.8) is 0 Å².